The maximum absolute atomic E-state index is 5.17. The van der Waals surface area contributed by atoms with Crippen molar-refractivity contribution in [2.45, 2.75) is 6.54 Å². The van der Waals surface area contributed by atoms with E-state index in [1.54, 1.807) is 13.3 Å². The lowest BCUT2D eigenvalue weighted by Crippen LogP contribution is -2.05. The normalized spacial score (nSPS) is 10.1. The van der Waals surface area contributed by atoms with E-state index >= 15 is 0 Å². The predicted molar refractivity (Wildman–Crippen MR) is 63.5 cm³/mol. The number of ether oxygens (including phenoxy) is 1. The van der Waals surface area contributed by atoms with Crippen molar-refractivity contribution in [1.82, 2.24) is 9.55 Å². The van der Waals surface area contributed by atoms with E-state index in [0.29, 0.717) is 5.88 Å². The van der Waals surface area contributed by atoms with Crippen LogP contribution in [-0.4, -0.2) is 16.7 Å². The number of aryl methyl sites for hydroxylation is 1. The van der Waals surface area contributed by atoms with Gasteiger partial charge in [-0.25, -0.2) is 4.98 Å². The van der Waals surface area contributed by atoms with Gasteiger partial charge in [-0.2, -0.15) is 0 Å². The highest BCUT2D eigenvalue weighted by molar-refractivity contribution is 5.52. The van der Waals surface area contributed by atoms with E-state index in [0.717, 1.165) is 12.2 Å². The Kier molecular flexibility index (Phi) is 3.10. The van der Waals surface area contributed by atoms with E-state index in [9.17, 15) is 0 Å². The van der Waals surface area contributed by atoms with Crippen LogP contribution in [0.2, 0.25) is 0 Å². The second kappa shape index (κ2) is 4.70. The number of rotatable bonds is 4. The predicted octanol–water partition coefficient (Wildman–Crippen LogP) is 2.04. The van der Waals surface area contributed by atoms with Crippen LogP contribution in [0.3, 0.4) is 0 Å². The molecule has 0 saturated carbocycles. The van der Waals surface area contributed by atoms with Gasteiger partial charge in [0.1, 0.15) is 0 Å². The zero-order valence-electron chi connectivity index (χ0n) is 9.47. The Balaban J connectivity index is 2.07. The lowest BCUT2D eigenvalue weighted by Gasteiger charge is -2.10. The first-order chi connectivity index (χ1) is 7.81. The molecule has 0 amide bonds. The van der Waals surface area contributed by atoms with Crippen molar-refractivity contribution in [1.29, 1.82) is 0 Å². The van der Waals surface area contributed by atoms with E-state index in [2.05, 4.69) is 20.9 Å². The molecule has 0 aromatic carbocycles. The summed E-state index contributed by atoms with van der Waals surface area (Å²) in [4.78, 5) is 4.13. The second-order valence-corrected chi connectivity index (χ2v) is 3.52. The lowest BCUT2D eigenvalue weighted by atomic mass is 10.3. The number of hydrogen-bond donors (Lipinski definition) is 1. The van der Waals surface area contributed by atoms with Crippen molar-refractivity contribution < 1.29 is 4.74 Å². The first kappa shape index (κ1) is 10.5. The molecule has 1 N–H and O–H groups in total. The molecule has 0 unspecified atom stereocenters. The molecule has 0 saturated heterocycles. The smallest absolute Gasteiger partial charge is 0.237 e. The number of hydrogen-bond acceptors (Lipinski definition) is 3. The molecule has 84 valence electrons. The summed E-state index contributed by atoms with van der Waals surface area (Å²) in [6, 6.07) is 7.94. The van der Waals surface area contributed by atoms with Crippen molar-refractivity contribution in [2.75, 3.05) is 12.4 Å². The molecular formula is C12H15N3O. The zero-order valence-corrected chi connectivity index (χ0v) is 9.47. The fourth-order valence-electron chi connectivity index (χ4n) is 1.55. The molecule has 16 heavy (non-hydrogen) atoms. The zero-order chi connectivity index (χ0) is 11.4. The van der Waals surface area contributed by atoms with E-state index in [-0.39, 0.29) is 0 Å². The number of pyridine rings is 1. The molecule has 4 nitrogen and oxygen atoms in total. The maximum atomic E-state index is 5.17. The van der Waals surface area contributed by atoms with Crippen molar-refractivity contribution in [3.63, 3.8) is 0 Å². The third kappa shape index (κ3) is 2.16. The highest BCUT2D eigenvalue weighted by atomic mass is 16.5. The monoisotopic (exact) mass is 217 g/mol. The van der Waals surface area contributed by atoms with Crippen LogP contribution in [0.1, 0.15) is 5.69 Å². The molecule has 0 atom stereocenters. The SMILES string of the molecule is COc1ncccc1NCc1cccn1C. The number of methoxy groups -OCH3 is 1. The summed E-state index contributed by atoms with van der Waals surface area (Å²) in [6.07, 6.45) is 3.74. The van der Waals surface area contributed by atoms with Gasteiger partial charge in [-0.1, -0.05) is 0 Å². The first-order valence-corrected chi connectivity index (χ1v) is 5.14. The molecule has 0 bridgehead atoms. The second-order valence-electron chi connectivity index (χ2n) is 3.52. The summed E-state index contributed by atoms with van der Waals surface area (Å²) in [5.74, 6) is 0.622. The van der Waals surface area contributed by atoms with Gasteiger partial charge < -0.3 is 14.6 Å². The average molecular weight is 217 g/mol. The molecule has 0 aliphatic rings. The first-order valence-electron chi connectivity index (χ1n) is 5.14. The number of nitrogens with zero attached hydrogens (tertiary/aromatic N) is 2. The third-order valence-electron chi connectivity index (χ3n) is 2.48. The number of nitrogens with one attached hydrogen (secondary N) is 1. The van der Waals surface area contributed by atoms with E-state index in [1.165, 1.54) is 5.69 Å². The van der Waals surface area contributed by atoms with Crippen LogP contribution in [0.15, 0.2) is 36.7 Å². The maximum Gasteiger partial charge on any atom is 0.237 e. The molecule has 0 spiro atoms. The minimum Gasteiger partial charge on any atom is -0.480 e. The topological polar surface area (TPSA) is 39.1 Å². The van der Waals surface area contributed by atoms with Crippen LogP contribution in [0.25, 0.3) is 0 Å². The van der Waals surface area contributed by atoms with Gasteiger partial charge in [0, 0.05) is 25.1 Å². The van der Waals surface area contributed by atoms with E-state index in [4.69, 9.17) is 4.74 Å². The van der Waals surface area contributed by atoms with Gasteiger partial charge in [-0.05, 0) is 24.3 Å². The van der Waals surface area contributed by atoms with Crippen LogP contribution >= 0.6 is 0 Å². The Morgan fingerprint density at radius 2 is 2.25 bits per heavy atom. The molecule has 0 aliphatic heterocycles. The Bertz CT molecular complexity index is 465. The Morgan fingerprint density at radius 3 is 2.94 bits per heavy atom. The van der Waals surface area contributed by atoms with Crippen molar-refractivity contribution >= 4 is 5.69 Å². The lowest BCUT2D eigenvalue weighted by molar-refractivity contribution is 0.399. The van der Waals surface area contributed by atoms with Crippen molar-refractivity contribution in [3.8, 4) is 5.88 Å². The van der Waals surface area contributed by atoms with Gasteiger partial charge in [0.2, 0.25) is 5.88 Å². The molecule has 2 rings (SSSR count). The number of anilines is 1. The van der Waals surface area contributed by atoms with Gasteiger partial charge in [0.05, 0.1) is 19.3 Å². The fraction of sp³-hybridized carbons (Fsp3) is 0.250. The molecule has 0 fully saturated rings. The summed E-state index contributed by atoms with van der Waals surface area (Å²) in [5, 5.41) is 3.30. The molecule has 2 aromatic rings. The van der Waals surface area contributed by atoms with Gasteiger partial charge >= 0.3 is 0 Å². The molecular weight excluding hydrogens is 202 g/mol. The number of aromatic nitrogens is 2. The Morgan fingerprint density at radius 1 is 1.38 bits per heavy atom. The Hall–Kier alpha value is -1.97. The average Bonchev–Trinajstić information content (AvgIpc) is 2.72. The van der Waals surface area contributed by atoms with Gasteiger partial charge in [0.25, 0.3) is 0 Å². The van der Waals surface area contributed by atoms with Crippen molar-refractivity contribution in [3.05, 3.63) is 42.4 Å². The Labute approximate surface area is 94.9 Å². The largest absolute Gasteiger partial charge is 0.480 e. The van der Waals surface area contributed by atoms with Crippen LogP contribution in [0, 0.1) is 0 Å². The summed E-state index contributed by atoms with van der Waals surface area (Å²) in [5.41, 5.74) is 2.12. The van der Waals surface area contributed by atoms with Crippen LogP contribution < -0.4 is 10.1 Å². The molecule has 0 aliphatic carbocycles. The molecule has 4 heteroatoms. The third-order valence-corrected chi connectivity index (χ3v) is 2.48. The fourth-order valence-corrected chi connectivity index (χ4v) is 1.55. The van der Waals surface area contributed by atoms with E-state index < -0.39 is 0 Å². The summed E-state index contributed by atoms with van der Waals surface area (Å²) < 4.78 is 7.24. The molecule has 2 aromatic heterocycles. The minimum absolute atomic E-state index is 0.622. The highest BCUT2D eigenvalue weighted by Crippen LogP contribution is 2.20. The quantitative estimate of drug-likeness (QED) is 0.851. The molecule has 0 radical (unpaired) electrons. The van der Waals surface area contributed by atoms with Crippen LogP contribution in [-0.2, 0) is 13.6 Å². The summed E-state index contributed by atoms with van der Waals surface area (Å²) in [6.45, 7) is 0.756. The summed E-state index contributed by atoms with van der Waals surface area (Å²) in [7, 11) is 3.65. The van der Waals surface area contributed by atoms with E-state index in [1.807, 2.05) is 31.4 Å². The van der Waals surface area contributed by atoms with Crippen LogP contribution in [0.4, 0.5) is 5.69 Å². The summed E-state index contributed by atoms with van der Waals surface area (Å²) >= 11 is 0. The highest BCUT2D eigenvalue weighted by Gasteiger charge is 2.03. The van der Waals surface area contributed by atoms with Gasteiger partial charge in [0.15, 0.2) is 0 Å². The standard InChI is InChI=1S/C12H15N3O/c1-15-8-4-5-10(15)9-14-11-6-3-7-13-12(11)16-2/h3-8,14H,9H2,1-2H3. The molecule has 2 heterocycles. The van der Waals surface area contributed by atoms with Gasteiger partial charge in [-0.3, -0.25) is 0 Å². The van der Waals surface area contributed by atoms with Crippen LogP contribution in [0.5, 0.6) is 5.88 Å². The van der Waals surface area contributed by atoms with Gasteiger partial charge in [-0.15, -0.1) is 0 Å². The van der Waals surface area contributed by atoms with Crippen molar-refractivity contribution in [2.24, 2.45) is 7.05 Å². The minimum atomic E-state index is 0.622.